The summed E-state index contributed by atoms with van der Waals surface area (Å²) in [7, 11) is -1.57. The van der Waals surface area contributed by atoms with E-state index in [9.17, 15) is 13.2 Å². The number of hydrogen-bond donors (Lipinski definition) is 2. The zero-order valence-electron chi connectivity index (χ0n) is 14.4. The van der Waals surface area contributed by atoms with Gasteiger partial charge in [0.2, 0.25) is 0 Å². The predicted octanol–water partition coefficient (Wildman–Crippen LogP) is 1.33. The number of methoxy groups -OCH3 is 1. The number of ether oxygens (including phenoxy) is 1. The molecular weight excluding hydrogens is 433 g/mol. The molecule has 138 valence electrons. The summed E-state index contributed by atoms with van der Waals surface area (Å²) < 4.78 is 26.9. The number of rotatable bonds is 10. The van der Waals surface area contributed by atoms with Crippen LogP contribution in [0.4, 0.5) is 0 Å². The van der Waals surface area contributed by atoms with Gasteiger partial charge in [-0.2, -0.15) is 0 Å². The van der Waals surface area contributed by atoms with Crippen LogP contribution in [0.5, 0.6) is 0 Å². The fourth-order valence-corrected chi connectivity index (χ4v) is 2.47. The summed E-state index contributed by atoms with van der Waals surface area (Å²) in [6.45, 7) is 5.23. The molecule has 0 bridgehead atoms. The van der Waals surface area contributed by atoms with Gasteiger partial charge in [0.25, 0.3) is 0 Å². The zero-order valence-corrected chi connectivity index (χ0v) is 17.6. The highest BCUT2D eigenvalue weighted by Gasteiger charge is 2.09. The third-order valence-corrected chi connectivity index (χ3v) is 3.91. The highest BCUT2D eigenvalue weighted by Crippen LogP contribution is 1.98. The lowest BCUT2D eigenvalue weighted by molar-refractivity contribution is -0.140. The van der Waals surface area contributed by atoms with Gasteiger partial charge in [-0.05, 0) is 33.1 Å². The molecule has 9 heteroatoms. The minimum atomic E-state index is -2.95. The van der Waals surface area contributed by atoms with Gasteiger partial charge < -0.3 is 15.4 Å². The number of hydrogen-bond acceptors (Lipinski definition) is 5. The van der Waals surface area contributed by atoms with Gasteiger partial charge in [0.05, 0.1) is 12.9 Å². The van der Waals surface area contributed by atoms with E-state index in [0.29, 0.717) is 25.3 Å². The van der Waals surface area contributed by atoms with Gasteiger partial charge in [-0.15, -0.1) is 24.0 Å². The van der Waals surface area contributed by atoms with Gasteiger partial charge in [0.1, 0.15) is 9.84 Å². The summed E-state index contributed by atoms with van der Waals surface area (Å²) >= 11 is 0. The second-order valence-corrected chi connectivity index (χ2v) is 7.52. The molecule has 0 aromatic heterocycles. The first-order valence-electron chi connectivity index (χ1n) is 7.58. The van der Waals surface area contributed by atoms with Crippen LogP contribution in [0.15, 0.2) is 4.99 Å². The molecule has 0 radical (unpaired) electrons. The predicted molar refractivity (Wildman–Crippen MR) is 104 cm³/mol. The highest BCUT2D eigenvalue weighted by atomic mass is 127. The first kappa shape index (κ1) is 24.7. The fourth-order valence-electron chi connectivity index (χ4n) is 1.69. The SMILES string of the molecule is CCNC(=NCCCCC(=O)OC)NC(C)CCS(C)(=O)=O.I. The van der Waals surface area contributed by atoms with Gasteiger partial charge in [-0.1, -0.05) is 0 Å². The highest BCUT2D eigenvalue weighted by molar-refractivity contribution is 14.0. The maximum absolute atomic E-state index is 11.2. The number of nitrogens with one attached hydrogen (secondary N) is 2. The lowest BCUT2D eigenvalue weighted by Gasteiger charge is -2.17. The molecule has 0 amide bonds. The number of guanidine groups is 1. The second-order valence-electron chi connectivity index (χ2n) is 5.26. The molecular formula is C14H30IN3O4S. The summed E-state index contributed by atoms with van der Waals surface area (Å²) in [5.41, 5.74) is 0. The van der Waals surface area contributed by atoms with Crippen LogP contribution in [0.3, 0.4) is 0 Å². The van der Waals surface area contributed by atoms with Crippen molar-refractivity contribution in [2.75, 3.05) is 32.2 Å². The van der Waals surface area contributed by atoms with Crippen molar-refractivity contribution in [3.05, 3.63) is 0 Å². The van der Waals surface area contributed by atoms with Crippen molar-refractivity contribution in [2.45, 2.75) is 45.6 Å². The molecule has 0 rings (SSSR count). The van der Waals surface area contributed by atoms with Gasteiger partial charge >= 0.3 is 5.97 Å². The number of halogens is 1. The molecule has 2 N–H and O–H groups in total. The number of carbonyl (C=O) groups excluding carboxylic acids is 1. The van der Waals surface area contributed by atoms with E-state index in [1.54, 1.807) is 0 Å². The fraction of sp³-hybridized carbons (Fsp3) is 0.857. The number of unbranched alkanes of at least 4 members (excludes halogenated alkanes) is 1. The Labute approximate surface area is 157 Å². The van der Waals surface area contributed by atoms with Crippen molar-refractivity contribution in [1.29, 1.82) is 0 Å². The van der Waals surface area contributed by atoms with Crippen LogP contribution in [0.1, 0.15) is 39.5 Å². The van der Waals surface area contributed by atoms with Crippen LogP contribution in [0.25, 0.3) is 0 Å². The first-order valence-corrected chi connectivity index (χ1v) is 9.64. The van der Waals surface area contributed by atoms with Crippen molar-refractivity contribution >= 4 is 45.7 Å². The van der Waals surface area contributed by atoms with Crippen LogP contribution in [0, 0.1) is 0 Å². The van der Waals surface area contributed by atoms with Crippen LogP contribution in [-0.2, 0) is 19.4 Å². The molecule has 0 aromatic carbocycles. The van der Waals surface area contributed by atoms with Gasteiger partial charge in [0, 0.05) is 31.8 Å². The van der Waals surface area contributed by atoms with Crippen LogP contribution in [-0.4, -0.2) is 58.6 Å². The minimum Gasteiger partial charge on any atom is -0.469 e. The van der Waals surface area contributed by atoms with E-state index < -0.39 is 9.84 Å². The van der Waals surface area contributed by atoms with E-state index >= 15 is 0 Å². The molecule has 1 atom stereocenters. The lowest BCUT2D eigenvalue weighted by atomic mass is 10.2. The van der Waals surface area contributed by atoms with Crippen molar-refractivity contribution < 1.29 is 17.9 Å². The Bertz CT molecular complexity index is 455. The second kappa shape index (κ2) is 13.8. The summed E-state index contributed by atoms with van der Waals surface area (Å²) in [6.07, 6.45) is 3.70. The molecule has 0 heterocycles. The Hall–Kier alpha value is -0.580. The summed E-state index contributed by atoms with van der Waals surface area (Å²) in [5, 5.41) is 6.30. The van der Waals surface area contributed by atoms with Crippen molar-refractivity contribution in [1.82, 2.24) is 10.6 Å². The topological polar surface area (TPSA) is 96.9 Å². The van der Waals surface area contributed by atoms with Crippen LogP contribution >= 0.6 is 24.0 Å². The normalized spacial score (nSPS) is 13.0. The molecule has 0 aromatic rings. The number of sulfone groups is 1. The van der Waals surface area contributed by atoms with Gasteiger partial charge in [-0.3, -0.25) is 9.79 Å². The Morgan fingerprint density at radius 2 is 1.96 bits per heavy atom. The third kappa shape index (κ3) is 16.1. The van der Waals surface area contributed by atoms with E-state index in [2.05, 4.69) is 20.4 Å². The van der Waals surface area contributed by atoms with E-state index in [4.69, 9.17) is 0 Å². The van der Waals surface area contributed by atoms with Crippen molar-refractivity contribution in [3.8, 4) is 0 Å². The monoisotopic (exact) mass is 463 g/mol. The van der Waals surface area contributed by atoms with E-state index in [1.165, 1.54) is 13.4 Å². The first-order chi connectivity index (χ1) is 10.3. The summed E-state index contributed by atoms with van der Waals surface area (Å²) in [6, 6.07) is 0.0163. The molecule has 0 fully saturated rings. The van der Waals surface area contributed by atoms with E-state index in [1.807, 2.05) is 13.8 Å². The quantitative estimate of drug-likeness (QED) is 0.167. The van der Waals surface area contributed by atoms with Crippen molar-refractivity contribution in [3.63, 3.8) is 0 Å². The molecule has 0 aliphatic rings. The molecule has 0 saturated heterocycles. The smallest absolute Gasteiger partial charge is 0.305 e. The van der Waals surface area contributed by atoms with Gasteiger partial charge in [0.15, 0.2) is 5.96 Å². The molecule has 0 aliphatic heterocycles. The maximum Gasteiger partial charge on any atom is 0.305 e. The summed E-state index contributed by atoms with van der Waals surface area (Å²) in [5.74, 6) is 0.615. The Morgan fingerprint density at radius 3 is 2.48 bits per heavy atom. The van der Waals surface area contributed by atoms with E-state index in [0.717, 1.165) is 19.4 Å². The minimum absolute atomic E-state index is 0. The third-order valence-electron chi connectivity index (χ3n) is 2.94. The number of carbonyl (C=O) groups is 1. The van der Waals surface area contributed by atoms with Gasteiger partial charge in [-0.25, -0.2) is 8.42 Å². The number of esters is 1. The average Bonchev–Trinajstić information content (AvgIpc) is 2.43. The maximum atomic E-state index is 11.2. The van der Waals surface area contributed by atoms with Crippen LogP contribution < -0.4 is 10.6 Å². The van der Waals surface area contributed by atoms with E-state index in [-0.39, 0.29) is 41.7 Å². The molecule has 7 nitrogen and oxygen atoms in total. The van der Waals surface area contributed by atoms with Crippen LogP contribution in [0.2, 0.25) is 0 Å². The number of nitrogens with zero attached hydrogens (tertiary/aromatic N) is 1. The summed E-state index contributed by atoms with van der Waals surface area (Å²) in [4.78, 5) is 15.4. The average molecular weight is 463 g/mol. The molecule has 0 spiro atoms. The Balaban J connectivity index is 0. The molecule has 0 saturated carbocycles. The van der Waals surface area contributed by atoms with Crippen molar-refractivity contribution in [2.24, 2.45) is 4.99 Å². The zero-order chi connectivity index (χ0) is 17.0. The largest absolute Gasteiger partial charge is 0.469 e. The lowest BCUT2D eigenvalue weighted by Crippen LogP contribution is -2.42. The molecule has 23 heavy (non-hydrogen) atoms. The Kier molecular flexibility index (Phi) is 14.8. The Morgan fingerprint density at radius 1 is 1.30 bits per heavy atom. The number of aliphatic imine (C=N–C) groups is 1. The molecule has 0 aliphatic carbocycles. The standard InChI is InChI=1S/C14H29N3O4S.HI/c1-5-15-14(16-10-7-6-8-13(18)21-3)17-12(2)9-11-22(4,19)20;/h12H,5-11H2,1-4H3,(H2,15,16,17);1H. The molecule has 1 unspecified atom stereocenters.